The summed E-state index contributed by atoms with van der Waals surface area (Å²) in [7, 11) is 0. The lowest BCUT2D eigenvalue weighted by molar-refractivity contribution is -0.125. The van der Waals surface area contributed by atoms with Crippen LogP contribution < -0.4 is 21.7 Å². The largest absolute Gasteiger partial charge is 0.384 e. The molecule has 0 saturated heterocycles. The summed E-state index contributed by atoms with van der Waals surface area (Å²) in [4.78, 5) is 41.2. The number of carbonyl (C=O) groups is 3. The first kappa shape index (κ1) is 23.7. The second-order valence-electron chi connectivity index (χ2n) is 8.56. The summed E-state index contributed by atoms with van der Waals surface area (Å²) in [5.74, 6) is -2.43. The average Bonchev–Trinajstić information content (AvgIpc) is 2.93. The molecular weight excluding hydrogens is 466 g/mol. The van der Waals surface area contributed by atoms with Gasteiger partial charge in [-0.15, -0.1) is 0 Å². The van der Waals surface area contributed by atoms with E-state index in [-0.39, 0.29) is 11.4 Å². The van der Waals surface area contributed by atoms with E-state index in [4.69, 9.17) is 18.3 Å². The highest BCUT2D eigenvalue weighted by Crippen LogP contribution is 2.27. The molecule has 0 bridgehead atoms. The van der Waals surface area contributed by atoms with Crippen molar-refractivity contribution in [2.75, 3.05) is 4.90 Å². The molecule has 0 heterocycles. The molecule has 2 atom stereocenters. The Morgan fingerprint density at radius 2 is 1.49 bits per heavy atom. The molecule has 0 aliphatic carbocycles. The number of hydrogen-bond donors (Lipinski definition) is 4. The van der Waals surface area contributed by atoms with Crippen LogP contribution in [0.5, 0.6) is 0 Å². The van der Waals surface area contributed by atoms with Gasteiger partial charge in [-0.1, -0.05) is 72.8 Å². The maximum absolute atomic E-state index is 14.2. The fourth-order valence-electron chi connectivity index (χ4n) is 4.05. The van der Waals surface area contributed by atoms with Crippen LogP contribution in [-0.4, -0.2) is 29.6 Å². The monoisotopic (exact) mass is 494 g/mol. The van der Waals surface area contributed by atoms with Gasteiger partial charge in [0.2, 0.25) is 5.91 Å². The van der Waals surface area contributed by atoms with Crippen LogP contribution in [0.15, 0.2) is 97.1 Å². The van der Waals surface area contributed by atoms with Crippen molar-refractivity contribution in [3.05, 3.63) is 114 Å². The third kappa shape index (κ3) is 5.48. The zero-order valence-corrected chi connectivity index (χ0v) is 20.2. The molecule has 37 heavy (non-hydrogen) atoms. The molecule has 4 aromatic rings. The minimum Gasteiger partial charge on any atom is -0.384 e. The number of nitrogens with two attached hydrogens (primary N) is 2. The molecule has 8 heteroatoms. The third-order valence-corrected chi connectivity index (χ3v) is 6.06. The summed E-state index contributed by atoms with van der Waals surface area (Å²) >= 11 is 0. The van der Waals surface area contributed by atoms with Crippen LogP contribution in [0.2, 0.25) is 1.41 Å². The molecule has 3 amide bonds. The summed E-state index contributed by atoms with van der Waals surface area (Å²) in [5.41, 5.74) is 12.4. The summed E-state index contributed by atoms with van der Waals surface area (Å²) in [6.45, 7) is 1.50. The number of rotatable bonds is 8. The van der Waals surface area contributed by atoms with Crippen molar-refractivity contribution in [2.24, 2.45) is 11.5 Å². The van der Waals surface area contributed by atoms with E-state index in [1.807, 2.05) is 30.3 Å². The second kappa shape index (κ2) is 10.7. The lowest BCUT2D eigenvalue weighted by Gasteiger charge is -2.32. The SMILES string of the molecule is [2H]N(C(=O)c1cccc(C(=N)N)c1)[C@H](C(=O)N(c1ccc2ccccc2c1)[C@@H](C)C(N)=O)c1ccccc1. The predicted octanol–water partition coefficient (Wildman–Crippen LogP) is 3.50. The first-order valence-electron chi connectivity index (χ1n) is 12.1. The number of fused-ring (bicyclic) bond motifs is 1. The van der Waals surface area contributed by atoms with E-state index in [1.165, 1.54) is 24.0 Å². The number of primary amides is 1. The molecule has 0 aliphatic rings. The zero-order chi connectivity index (χ0) is 27.4. The van der Waals surface area contributed by atoms with E-state index in [2.05, 4.69) is 0 Å². The first-order valence-corrected chi connectivity index (χ1v) is 11.6. The van der Waals surface area contributed by atoms with Crippen molar-refractivity contribution < 1.29 is 15.8 Å². The van der Waals surface area contributed by atoms with Crippen LogP contribution in [0, 0.1) is 5.41 Å². The highest BCUT2D eigenvalue weighted by molar-refractivity contribution is 6.07. The van der Waals surface area contributed by atoms with Crippen molar-refractivity contribution in [3.63, 3.8) is 0 Å². The normalized spacial score (nSPS) is 12.7. The lowest BCUT2D eigenvalue weighted by atomic mass is 10.0. The van der Waals surface area contributed by atoms with E-state index in [1.54, 1.807) is 54.6 Å². The minimum absolute atomic E-state index is 0.0848. The van der Waals surface area contributed by atoms with Crippen LogP contribution >= 0.6 is 0 Å². The molecule has 8 nitrogen and oxygen atoms in total. The lowest BCUT2D eigenvalue weighted by Crippen LogP contribution is -2.51. The molecule has 0 aromatic heterocycles. The Morgan fingerprint density at radius 3 is 2.16 bits per heavy atom. The van der Waals surface area contributed by atoms with Gasteiger partial charge in [0, 0.05) is 16.8 Å². The smallest absolute Gasteiger partial charge is 0.254 e. The number of nitrogen functional groups attached to an aromatic ring is 1. The van der Waals surface area contributed by atoms with Gasteiger partial charge in [-0.3, -0.25) is 24.7 Å². The van der Waals surface area contributed by atoms with Gasteiger partial charge in [0.25, 0.3) is 11.8 Å². The van der Waals surface area contributed by atoms with Crippen molar-refractivity contribution in [1.82, 2.24) is 5.31 Å². The number of nitrogens with one attached hydrogen (secondary N) is 2. The number of nitrogens with zero attached hydrogens (tertiary/aromatic N) is 1. The van der Waals surface area contributed by atoms with Gasteiger partial charge in [0.1, 0.15) is 17.9 Å². The van der Waals surface area contributed by atoms with Crippen LogP contribution in [0.4, 0.5) is 5.69 Å². The van der Waals surface area contributed by atoms with Crippen LogP contribution in [-0.2, 0) is 9.59 Å². The molecule has 0 aliphatic heterocycles. The van der Waals surface area contributed by atoms with Gasteiger partial charge < -0.3 is 16.8 Å². The number of benzene rings is 4. The highest BCUT2D eigenvalue weighted by atomic mass is 16.2. The number of anilines is 1. The summed E-state index contributed by atoms with van der Waals surface area (Å²) in [6, 6.07) is 24.8. The van der Waals surface area contributed by atoms with Crippen molar-refractivity contribution in [2.45, 2.75) is 19.0 Å². The van der Waals surface area contributed by atoms with Gasteiger partial charge in [0.15, 0.2) is 1.41 Å². The van der Waals surface area contributed by atoms with E-state index in [9.17, 15) is 14.4 Å². The maximum Gasteiger partial charge on any atom is 0.254 e. The van der Waals surface area contributed by atoms with Gasteiger partial charge in [0.05, 0.1) is 0 Å². The van der Waals surface area contributed by atoms with E-state index < -0.39 is 29.8 Å². The van der Waals surface area contributed by atoms with E-state index in [0.29, 0.717) is 22.1 Å². The van der Waals surface area contributed by atoms with Gasteiger partial charge >= 0.3 is 0 Å². The third-order valence-electron chi connectivity index (χ3n) is 6.06. The molecule has 6 N–H and O–H groups in total. The van der Waals surface area contributed by atoms with Gasteiger partial charge in [-0.25, -0.2) is 0 Å². The Labute approximate surface area is 215 Å². The summed E-state index contributed by atoms with van der Waals surface area (Å²) in [5, 5.41) is 10.0. The summed E-state index contributed by atoms with van der Waals surface area (Å²) in [6.07, 6.45) is 0. The van der Waals surface area contributed by atoms with Crippen LogP contribution in [0.3, 0.4) is 0 Å². The molecule has 0 fully saturated rings. The fourth-order valence-corrected chi connectivity index (χ4v) is 4.05. The average molecular weight is 495 g/mol. The molecule has 0 unspecified atom stereocenters. The number of carbonyl (C=O) groups excluding carboxylic acids is 3. The number of hydrogen-bond acceptors (Lipinski definition) is 4. The van der Waals surface area contributed by atoms with E-state index >= 15 is 0 Å². The molecule has 0 saturated carbocycles. The van der Waals surface area contributed by atoms with Crippen molar-refractivity contribution in [3.8, 4) is 0 Å². The topological polar surface area (TPSA) is 142 Å². The Bertz CT molecular complexity index is 1530. The van der Waals surface area contributed by atoms with Gasteiger partial charge in [-0.2, -0.15) is 0 Å². The molecule has 0 radical (unpaired) electrons. The highest BCUT2D eigenvalue weighted by Gasteiger charge is 2.33. The number of amides is 3. The number of amidine groups is 1. The summed E-state index contributed by atoms with van der Waals surface area (Å²) < 4.78 is 8.79. The zero-order valence-electron chi connectivity index (χ0n) is 21.2. The standard InChI is InChI=1S/C29H27N5O3/c1-18(27(32)35)34(24-15-14-19-8-5-6-11-21(19)17-24)29(37)25(20-9-3-2-4-10-20)33-28(36)23-13-7-12-22(16-23)26(30)31/h2-18,25H,1H3,(H3,30,31)(H2,32,35)(H,33,36)/t18-,25-/m0/s1/i/hD. The van der Waals surface area contributed by atoms with Crippen molar-refractivity contribution in [1.29, 1.82) is 5.41 Å². The minimum atomic E-state index is -1.40. The Balaban J connectivity index is 1.82. The Hall–Kier alpha value is -4.98. The fraction of sp³-hybridized carbons (Fsp3) is 0.103. The Morgan fingerprint density at radius 1 is 0.838 bits per heavy atom. The van der Waals surface area contributed by atoms with Crippen molar-refractivity contribution >= 4 is 40.0 Å². The molecule has 4 rings (SSSR count). The molecule has 4 aromatic carbocycles. The first-order chi connectivity index (χ1) is 18.2. The van der Waals surface area contributed by atoms with Gasteiger partial charge in [-0.05, 0) is 47.5 Å². The molecule has 0 spiro atoms. The molecule has 186 valence electrons. The predicted molar refractivity (Wildman–Crippen MR) is 144 cm³/mol. The molecular formula is C29H27N5O3. The van der Waals surface area contributed by atoms with Crippen LogP contribution in [0.1, 0.15) is 34.5 Å². The maximum atomic E-state index is 14.2. The Kier molecular flexibility index (Phi) is 6.89. The quantitative estimate of drug-likeness (QED) is 0.220. The second-order valence-corrected chi connectivity index (χ2v) is 8.56. The van der Waals surface area contributed by atoms with E-state index in [0.717, 1.165) is 10.8 Å². The van der Waals surface area contributed by atoms with Crippen LogP contribution in [0.25, 0.3) is 10.8 Å².